The van der Waals surface area contributed by atoms with E-state index in [4.69, 9.17) is 0 Å². The fraction of sp³-hybridized carbons (Fsp3) is 0.308. The molecule has 5 heteroatoms. The lowest BCUT2D eigenvalue weighted by Crippen LogP contribution is -2.18. The van der Waals surface area contributed by atoms with Gasteiger partial charge in [-0.3, -0.25) is 4.98 Å². The molecular weight excluding hydrogens is 226 g/mol. The topological polar surface area (TPSA) is 53.9 Å². The quantitative estimate of drug-likeness (QED) is 0.888. The van der Waals surface area contributed by atoms with Crippen LogP contribution < -0.4 is 10.2 Å². The molecule has 2 heterocycles. The lowest BCUT2D eigenvalue weighted by molar-refractivity contribution is 0.875. The van der Waals surface area contributed by atoms with E-state index in [-0.39, 0.29) is 0 Å². The lowest BCUT2D eigenvalue weighted by Gasteiger charge is -2.19. The lowest BCUT2D eigenvalue weighted by atomic mass is 10.2. The molecule has 18 heavy (non-hydrogen) atoms. The zero-order valence-electron chi connectivity index (χ0n) is 10.9. The number of nitrogens with one attached hydrogen (secondary N) is 1. The van der Waals surface area contributed by atoms with Gasteiger partial charge in [0, 0.05) is 39.1 Å². The van der Waals surface area contributed by atoms with E-state index in [9.17, 15) is 0 Å². The second-order valence-electron chi connectivity index (χ2n) is 4.13. The maximum absolute atomic E-state index is 4.43. The van der Waals surface area contributed by atoms with E-state index >= 15 is 0 Å². The van der Waals surface area contributed by atoms with Gasteiger partial charge in [0.25, 0.3) is 0 Å². The minimum Gasteiger partial charge on any atom is -0.373 e. The van der Waals surface area contributed by atoms with Crippen LogP contribution in [-0.4, -0.2) is 29.0 Å². The minimum atomic E-state index is 0.759. The van der Waals surface area contributed by atoms with Gasteiger partial charge in [-0.05, 0) is 18.6 Å². The van der Waals surface area contributed by atoms with E-state index in [0.717, 1.165) is 29.6 Å². The molecule has 0 amide bonds. The highest BCUT2D eigenvalue weighted by atomic mass is 15.2. The summed E-state index contributed by atoms with van der Waals surface area (Å²) in [6.45, 7) is 2.66. The van der Waals surface area contributed by atoms with Gasteiger partial charge in [0.15, 0.2) is 0 Å². The van der Waals surface area contributed by atoms with Gasteiger partial charge < -0.3 is 10.2 Å². The van der Waals surface area contributed by atoms with E-state index in [2.05, 4.69) is 31.2 Å². The summed E-state index contributed by atoms with van der Waals surface area (Å²) in [7, 11) is 3.86. The predicted octanol–water partition coefficient (Wildman–Crippen LogP) is 1.86. The van der Waals surface area contributed by atoms with Gasteiger partial charge in [0.1, 0.15) is 17.5 Å². The number of rotatable bonds is 4. The third kappa shape index (κ3) is 2.94. The highest BCUT2D eigenvalue weighted by molar-refractivity contribution is 5.48. The largest absolute Gasteiger partial charge is 0.373 e. The minimum absolute atomic E-state index is 0.759. The number of anilines is 2. The summed E-state index contributed by atoms with van der Waals surface area (Å²) < 4.78 is 0. The van der Waals surface area contributed by atoms with Crippen molar-refractivity contribution in [2.75, 3.05) is 24.3 Å². The molecule has 0 aliphatic carbocycles. The second kappa shape index (κ2) is 5.44. The van der Waals surface area contributed by atoms with Crippen molar-refractivity contribution in [1.29, 1.82) is 0 Å². The molecule has 0 saturated carbocycles. The van der Waals surface area contributed by atoms with Crippen molar-refractivity contribution in [1.82, 2.24) is 15.0 Å². The molecule has 94 valence electrons. The molecule has 0 unspecified atom stereocenters. The Hall–Kier alpha value is -2.17. The maximum atomic E-state index is 4.43. The van der Waals surface area contributed by atoms with Crippen molar-refractivity contribution in [2.45, 2.75) is 13.5 Å². The van der Waals surface area contributed by atoms with Crippen LogP contribution in [-0.2, 0) is 6.54 Å². The highest BCUT2D eigenvalue weighted by Crippen LogP contribution is 2.16. The summed E-state index contributed by atoms with van der Waals surface area (Å²) in [5, 5.41) is 3.04. The Balaban J connectivity index is 2.18. The smallest absolute Gasteiger partial charge is 0.134 e. The molecule has 0 saturated heterocycles. The second-order valence-corrected chi connectivity index (χ2v) is 4.13. The zero-order chi connectivity index (χ0) is 13.0. The number of aryl methyl sites for hydroxylation is 1. The predicted molar refractivity (Wildman–Crippen MR) is 72.7 cm³/mol. The molecule has 2 aromatic rings. The first-order valence-electron chi connectivity index (χ1n) is 5.82. The zero-order valence-corrected chi connectivity index (χ0v) is 10.9. The summed E-state index contributed by atoms with van der Waals surface area (Å²) in [6, 6.07) is 5.92. The first-order valence-corrected chi connectivity index (χ1v) is 5.82. The maximum Gasteiger partial charge on any atom is 0.134 e. The Kier molecular flexibility index (Phi) is 3.72. The van der Waals surface area contributed by atoms with Crippen LogP contribution >= 0.6 is 0 Å². The first kappa shape index (κ1) is 12.3. The Labute approximate surface area is 107 Å². The fourth-order valence-electron chi connectivity index (χ4n) is 1.72. The van der Waals surface area contributed by atoms with Crippen LogP contribution in [0.1, 0.15) is 11.4 Å². The molecule has 1 N–H and O–H groups in total. The Morgan fingerprint density at radius 2 is 2.17 bits per heavy atom. The average molecular weight is 243 g/mol. The van der Waals surface area contributed by atoms with E-state index in [1.54, 1.807) is 6.20 Å². The molecule has 2 rings (SSSR count). The molecule has 0 bridgehead atoms. The van der Waals surface area contributed by atoms with Crippen LogP contribution in [0.5, 0.6) is 0 Å². The van der Waals surface area contributed by atoms with Crippen LogP contribution in [0.25, 0.3) is 0 Å². The average Bonchev–Trinajstić information content (AvgIpc) is 2.39. The van der Waals surface area contributed by atoms with Crippen LogP contribution in [0.4, 0.5) is 11.6 Å². The third-order valence-electron chi connectivity index (χ3n) is 2.61. The standard InChI is InChI=1S/C13H17N5/c1-10-16-12(14-2)7-13(17-10)18(3)9-11-5-4-6-15-8-11/h4-8H,9H2,1-3H3,(H,14,16,17). The normalized spacial score (nSPS) is 10.2. The Bertz CT molecular complexity index is 512. The molecule has 5 nitrogen and oxygen atoms in total. The number of hydrogen-bond donors (Lipinski definition) is 1. The van der Waals surface area contributed by atoms with Crippen LogP contribution in [0.3, 0.4) is 0 Å². The van der Waals surface area contributed by atoms with Gasteiger partial charge in [-0.25, -0.2) is 9.97 Å². The van der Waals surface area contributed by atoms with Crippen molar-refractivity contribution < 1.29 is 0 Å². The SMILES string of the molecule is CNc1cc(N(C)Cc2cccnc2)nc(C)n1. The molecule has 2 aromatic heterocycles. The van der Waals surface area contributed by atoms with E-state index in [1.165, 1.54) is 0 Å². The van der Waals surface area contributed by atoms with Gasteiger partial charge >= 0.3 is 0 Å². The van der Waals surface area contributed by atoms with Crippen molar-refractivity contribution in [3.63, 3.8) is 0 Å². The summed E-state index contributed by atoms with van der Waals surface area (Å²) in [4.78, 5) is 14.9. The highest BCUT2D eigenvalue weighted by Gasteiger charge is 2.06. The first-order chi connectivity index (χ1) is 8.69. The molecular formula is C13H17N5. The van der Waals surface area contributed by atoms with E-state index in [1.807, 2.05) is 39.3 Å². The fourth-order valence-corrected chi connectivity index (χ4v) is 1.72. The van der Waals surface area contributed by atoms with Crippen molar-refractivity contribution in [3.05, 3.63) is 42.0 Å². The van der Waals surface area contributed by atoms with Crippen molar-refractivity contribution in [2.24, 2.45) is 0 Å². The van der Waals surface area contributed by atoms with Crippen LogP contribution in [0.15, 0.2) is 30.6 Å². The van der Waals surface area contributed by atoms with E-state index < -0.39 is 0 Å². The molecule has 0 aromatic carbocycles. The summed E-state index contributed by atoms with van der Waals surface area (Å²) in [5.74, 6) is 2.49. The Morgan fingerprint density at radius 3 is 2.83 bits per heavy atom. The van der Waals surface area contributed by atoms with Crippen molar-refractivity contribution >= 4 is 11.6 Å². The third-order valence-corrected chi connectivity index (χ3v) is 2.61. The molecule has 0 aliphatic rings. The Morgan fingerprint density at radius 1 is 1.33 bits per heavy atom. The van der Waals surface area contributed by atoms with Crippen LogP contribution in [0.2, 0.25) is 0 Å². The number of aromatic nitrogens is 3. The molecule has 0 radical (unpaired) electrons. The van der Waals surface area contributed by atoms with Gasteiger partial charge in [-0.1, -0.05) is 6.07 Å². The molecule has 0 aliphatic heterocycles. The molecule has 0 fully saturated rings. The van der Waals surface area contributed by atoms with Gasteiger partial charge in [-0.2, -0.15) is 0 Å². The molecule has 0 spiro atoms. The van der Waals surface area contributed by atoms with Crippen LogP contribution in [0, 0.1) is 6.92 Å². The monoisotopic (exact) mass is 243 g/mol. The summed E-state index contributed by atoms with van der Waals surface area (Å²) >= 11 is 0. The summed E-state index contributed by atoms with van der Waals surface area (Å²) in [6.07, 6.45) is 3.64. The number of nitrogens with zero attached hydrogens (tertiary/aromatic N) is 4. The van der Waals surface area contributed by atoms with Gasteiger partial charge in [-0.15, -0.1) is 0 Å². The number of pyridine rings is 1. The number of hydrogen-bond acceptors (Lipinski definition) is 5. The van der Waals surface area contributed by atoms with Crippen molar-refractivity contribution in [3.8, 4) is 0 Å². The summed E-state index contributed by atoms with van der Waals surface area (Å²) in [5.41, 5.74) is 1.15. The van der Waals surface area contributed by atoms with Gasteiger partial charge in [0.2, 0.25) is 0 Å². The molecule has 0 atom stereocenters. The van der Waals surface area contributed by atoms with E-state index in [0.29, 0.717) is 0 Å². The van der Waals surface area contributed by atoms with Gasteiger partial charge in [0.05, 0.1) is 0 Å².